The summed E-state index contributed by atoms with van der Waals surface area (Å²) in [6, 6.07) is 6.40. The van der Waals surface area contributed by atoms with Crippen LogP contribution in [0.2, 0.25) is 0 Å². The molecule has 124 valence electrons. The van der Waals surface area contributed by atoms with Crippen molar-refractivity contribution >= 4 is 15.7 Å². The fraction of sp³-hybridized carbons (Fsp3) is 0.471. The van der Waals surface area contributed by atoms with E-state index in [2.05, 4.69) is 6.08 Å². The summed E-state index contributed by atoms with van der Waals surface area (Å²) in [5.74, 6) is 0.736. The highest BCUT2D eigenvalue weighted by atomic mass is 32.2. The summed E-state index contributed by atoms with van der Waals surface area (Å²) in [6.07, 6.45) is 6.69. The number of nitrogens with zero attached hydrogens (tertiary/aromatic N) is 1. The van der Waals surface area contributed by atoms with Crippen LogP contribution in [-0.4, -0.2) is 44.7 Å². The van der Waals surface area contributed by atoms with Crippen LogP contribution in [0.4, 0.5) is 0 Å². The van der Waals surface area contributed by atoms with Gasteiger partial charge in [0.25, 0.3) is 0 Å². The summed E-state index contributed by atoms with van der Waals surface area (Å²) in [6.45, 7) is 0.598. The number of hydrogen-bond donors (Lipinski definition) is 0. The van der Waals surface area contributed by atoms with Crippen molar-refractivity contribution in [1.29, 1.82) is 0 Å². The van der Waals surface area contributed by atoms with E-state index in [1.807, 2.05) is 6.08 Å². The Morgan fingerprint density at radius 2 is 1.87 bits per heavy atom. The van der Waals surface area contributed by atoms with Crippen LogP contribution in [-0.2, 0) is 14.6 Å². The topological polar surface area (TPSA) is 63.7 Å². The van der Waals surface area contributed by atoms with Crippen LogP contribution in [0.5, 0.6) is 5.75 Å². The summed E-state index contributed by atoms with van der Waals surface area (Å²) in [5, 5.41) is -0.501. The number of carbonyl (C=O) groups excluding carboxylic acids is 1. The molecule has 1 heterocycles. The SMILES string of the molecule is COc1ccc(S(=O)(=O)C2CN(C(=O)[C@H]3CC=CCC3)C2)cc1. The Bertz CT molecular complexity index is 703. The van der Waals surface area contributed by atoms with Gasteiger partial charge in [0.15, 0.2) is 9.84 Å². The zero-order valence-corrected chi connectivity index (χ0v) is 14.0. The summed E-state index contributed by atoms with van der Waals surface area (Å²) >= 11 is 0. The fourth-order valence-electron chi connectivity index (χ4n) is 3.05. The van der Waals surface area contributed by atoms with Gasteiger partial charge in [-0.3, -0.25) is 4.79 Å². The van der Waals surface area contributed by atoms with E-state index < -0.39 is 15.1 Å². The molecule has 1 amide bonds. The molecule has 1 atom stereocenters. The Labute approximate surface area is 136 Å². The smallest absolute Gasteiger partial charge is 0.226 e. The number of likely N-dealkylation sites (tertiary alicyclic amines) is 1. The Morgan fingerprint density at radius 3 is 2.43 bits per heavy atom. The highest BCUT2D eigenvalue weighted by Crippen LogP contribution is 2.28. The van der Waals surface area contributed by atoms with Crippen LogP contribution >= 0.6 is 0 Å². The molecule has 1 aromatic carbocycles. The first-order valence-electron chi connectivity index (χ1n) is 7.84. The lowest BCUT2D eigenvalue weighted by Crippen LogP contribution is -2.58. The van der Waals surface area contributed by atoms with Crippen molar-refractivity contribution in [2.24, 2.45) is 5.92 Å². The molecule has 2 aliphatic rings. The van der Waals surface area contributed by atoms with Crippen molar-refractivity contribution in [2.45, 2.75) is 29.4 Å². The van der Waals surface area contributed by atoms with Crippen LogP contribution in [0, 0.1) is 5.92 Å². The van der Waals surface area contributed by atoms with Gasteiger partial charge < -0.3 is 9.64 Å². The molecule has 1 aromatic rings. The standard InChI is InChI=1S/C17H21NO4S/c1-22-14-7-9-15(10-8-14)23(20,21)16-11-18(12-16)17(19)13-5-3-2-4-6-13/h2-3,7-10,13,16H,4-6,11-12H2,1H3/t13-/m0/s1. The quantitative estimate of drug-likeness (QED) is 0.790. The first-order chi connectivity index (χ1) is 11.0. The molecule has 5 nitrogen and oxygen atoms in total. The molecule has 3 rings (SSSR count). The van der Waals surface area contributed by atoms with E-state index in [4.69, 9.17) is 4.74 Å². The monoisotopic (exact) mass is 335 g/mol. The van der Waals surface area contributed by atoms with Crippen LogP contribution in [0.1, 0.15) is 19.3 Å². The number of allylic oxidation sites excluding steroid dienone is 2. The number of benzene rings is 1. The third kappa shape index (κ3) is 3.13. The van der Waals surface area contributed by atoms with Gasteiger partial charge in [0.2, 0.25) is 5.91 Å². The van der Waals surface area contributed by atoms with Crippen molar-refractivity contribution in [2.75, 3.05) is 20.2 Å². The van der Waals surface area contributed by atoms with E-state index in [1.165, 1.54) is 0 Å². The highest BCUT2D eigenvalue weighted by Gasteiger charge is 2.42. The summed E-state index contributed by atoms with van der Waals surface area (Å²) in [5.41, 5.74) is 0. The molecule has 1 aliphatic carbocycles. The number of hydrogen-bond acceptors (Lipinski definition) is 4. The Balaban J connectivity index is 1.63. The van der Waals surface area contributed by atoms with Gasteiger partial charge in [0.1, 0.15) is 11.0 Å². The van der Waals surface area contributed by atoms with Crippen molar-refractivity contribution in [3.05, 3.63) is 36.4 Å². The van der Waals surface area contributed by atoms with E-state index in [-0.39, 0.29) is 16.7 Å². The first-order valence-corrected chi connectivity index (χ1v) is 9.38. The van der Waals surface area contributed by atoms with E-state index >= 15 is 0 Å². The Hall–Kier alpha value is -1.82. The van der Waals surface area contributed by atoms with Crippen molar-refractivity contribution in [1.82, 2.24) is 4.90 Å². The second kappa shape index (κ2) is 6.35. The van der Waals surface area contributed by atoms with Crippen LogP contribution in [0.25, 0.3) is 0 Å². The molecule has 0 unspecified atom stereocenters. The minimum absolute atomic E-state index is 0.0182. The fourth-order valence-corrected chi connectivity index (χ4v) is 4.70. The van der Waals surface area contributed by atoms with Gasteiger partial charge in [-0.2, -0.15) is 0 Å². The second-order valence-corrected chi connectivity index (χ2v) is 8.30. The van der Waals surface area contributed by atoms with E-state index in [9.17, 15) is 13.2 Å². The Kier molecular flexibility index (Phi) is 4.43. The Morgan fingerprint density at radius 1 is 1.17 bits per heavy atom. The van der Waals surface area contributed by atoms with Crippen molar-refractivity contribution in [3.63, 3.8) is 0 Å². The molecular formula is C17H21NO4S. The third-order valence-corrected chi connectivity index (χ3v) is 6.71. The molecule has 0 aromatic heterocycles. The number of sulfone groups is 1. The van der Waals surface area contributed by atoms with Crippen molar-refractivity contribution in [3.8, 4) is 5.75 Å². The molecule has 1 aliphatic heterocycles. The van der Waals surface area contributed by atoms with Gasteiger partial charge in [0, 0.05) is 19.0 Å². The zero-order valence-electron chi connectivity index (χ0n) is 13.1. The van der Waals surface area contributed by atoms with E-state index in [0.717, 1.165) is 19.3 Å². The summed E-state index contributed by atoms with van der Waals surface area (Å²) in [7, 11) is -1.85. The van der Waals surface area contributed by atoms with Gasteiger partial charge in [-0.1, -0.05) is 12.2 Å². The van der Waals surface area contributed by atoms with Crippen LogP contribution in [0.3, 0.4) is 0 Å². The molecule has 1 fully saturated rings. The number of carbonyl (C=O) groups is 1. The maximum atomic E-state index is 12.6. The normalized spacial score (nSPS) is 21.8. The maximum Gasteiger partial charge on any atom is 0.226 e. The average Bonchev–Trinajstić information content (AvgIpc) is 2.54. The molecule has 6 heteroatoms. The third-order valence-electron chi connectivity index (χ3n) is 4.60. The van der Waals surface area contributed by atoms with Crippen molar-refractivity contribution < 1.29 is 17.9 Å². The molecule has 0 bridgehead atoms. The molecule has 0 saturated carbocycles. The van der Waals surface area contributed by atoms with Crippen LogP contribution < -0.4 is 4.74 Å². The molecule has 23 heavy (non-hydrogen) atoms. The van der Waals surface area contributed by atoms with Crippen LogP contribution in [0.15, 0.2) is 41.3 Å². The largest absolute Gasteiger partial charge is 0.497 e. The lowest BCUT2D eigenvalue weighted by molar-refractivity contribution is -0.139. The highest BCUT2D eigenvalue weighted by molar-refractivity contribution is 7.92. The lowest BCUT2D eigenvalue weighted by atomic mass is 9.92. The lowest BCUT2D eigenvalue weighted by Gasteiger charge is -2.40. The van der Waals surface area contributed by atoms with Gasteiger partial charge in [-0.05, 0) is 43.5 Å². The predicted molar refractivity (Wildman–Crippen MR) is 87.0 cm³/mol. The maximum absolute atomic E-state index is 12.6. The second-order valence-electron chi connectivity index (χ2n) is 6.07. The number of rotatable bonds is 4. The minimum atomic E-state index is -3.39. The van der Waals surface area contributed by atoms with Gasteiger partial charge in [-0.25, -0.2) is 8.42 Å². The number of amides is 1. The molecule has 0 spiro atoms. The number of methoxy groups -OCH3 is 1. The van der Waals surface area contributed by atoms with E-state index in [0.29, 0.717) is 18.8 Å². The van der Waals surface area contributed by atoms with E-state index in [1.54, 1.807) is 36.3 Å². The molecule has 0 N–H and O–H groups in total. The molecular weight excluding hydrogens is 314 g/mol. The summed E-state index contributed by atoms with van der Waals surface area (Å²) in [4.78, 5) is 14.3. The zero-order chi connectivity index (χ0) is 16.4. The molecule has 0 radical (unpaired) electrons. The van der Waals surface area contributed by atoms with Gasteiger partial charge >= 0.3 is 0 Å². The van der Waals surface area contributed by atoms with Gasteiger partial charge in [-0.15, -0.1) is 0 Å². The first kappa shape index (κ1) is 16.1. The molecule has 1 saturated heterocycles. The minimum Gasteiger partial charge on any atom is -0.497 e. The number of ether oxygens (including phenoxy) is 1. The summed E-state index contributed by atoms with van der Waals surface area (Å²) < 4.78 is 30.2. The van der Waals surface area contributed by atoms with Gasteiger partial charge in [0.05, 0.1) is 12.0 Å². The average molecular weight is 335 g/mol. The predicted octanol–water partition coefficient (Wildman–Crippen LogP) is 2.04.